The molecule has 1 N–H and O–H groups in total. The highest BCUT2D eigenvalue weighted by Crippen LogP contribution is 2.57. The van der Waals surface area contributed by atoms with E-state index in [1.165, 1.54) is 104 Å². The van der Waals surface area contributed by atoms with Crippen LogP contribution in [0.1, 0.15) is 51.4 Å². The van der Waals surface area contributed by atoms with E-state index in [2.05, 4.69) is 23.9 Å². The minimum absolute atomic E-state index is 1.25. The van der Waals surface area contributed by atoms with Gasteiger partial charge < -0.3 is 0 Å². The third-order valence-corrected chi connectivity index (χ3v) is 9.93. The van der Waals surface area contributed by atoms with E-state index >= 15 is 0 Å². The van der Waals surface area contributed by atoms with E-state index in [1.54, 1.807) is 0 Å². The van der Waals surface area contributed by atoms with Crippen LogP contribution in [-0.4, -0.2) is 71.4 Å². The van der Waals surface area contributed by atoms with Gasteiger partial charge in [0.05, 0.1) is 13.1 Å². The number of rotatable bonds is 4. The van der Waals surface area contributed by atoms with E-state index < -0.39 is 7.51 Å². The lowest BCUT2D eigenvalue weighted by Crippen LogP contribution is -2.82. The molecule has 6 heteroatoms. The molecule has 4 rings (SSSR count). The summed E-state index contributed by atoms with van der Waals surface area (Å²) in [6, 6.07) is 0. The van der Waals surface area contributed by atoms with E-state index in [-0.39, 0.29) is 0 Å². The average molecular weight is 326 g/mol. The van der Waals surface area contributed by atoms with Crippen molar-refractivity contribution in [2.75, 3.05) is 52.4 Å². The van der Waals surface area contributed by atoms with Crippen LogP contribution >= 0.6 is 7.51 Å². The third kappa shape index (κ3) is 2.80. The van der Waals surface area contributed by atoms with Crippen molar-refractivity contribution in [3.63, 3.8) is 0 Å². The molecule has 4 aliphatic rings. The number of hydrogen-bond donors (Lipinski definition) is 1. The fourth-order valence-electron chi connectivity index (χ4n) is 4.67. The highest BCUT2D eigenvalue weighted by molar-refractivity contribution is 7.56. The molecule has 0 aromatic carbocycles. The van der Waals surface area contributed by atoms with Crippen LogP contribution in [0.15, 0.2) is 0 Å². The van der Waals surface area contributed by atoms with Gasteiger partial charge in [-0.15, -0.1) is 4.85 Å². The molecule has 126 valence electrons. The molecular weight excluding hydrogens is 293 g/mol. The smallest absolute Gasteiger partial charge is 0.208 e. The zero-order valence-corrected chi connectivity index (χ0v) is 14.9. The van der Waals surface area contributed by atoms with Crippen LogP contribution in [0.3, 0.4) is 0 Å². The Morgan fingerprint density at radius 1 is 0.455 bits per heavy atom. The molecule has 0 unspecified atom stereocenters. The first-order chi connectivity index (χ1) is 10.9. The standard InChI is InChI=1S/C16H32N5P/c1-2-10-18(9-1)17-22(19-11-3-4-12-19,20-13-5-6-14-20)21-15-7-8-16-21/h1-16H2/p+1. The molecule has 4 saturated heterocycles. The van der Waals surface area contributed by atoms with Gasteiger partial charge in [-0.3, -0.25) is 0 Å². The van der Waals surface area contributed by atoms with Gasteiger partial charge in [-0.2, -0.15) is 0 Å². The van der Waals surface area contributed by atoms with E-state index in [0.29, 0.717) is 0 Å². The predicted octanol–water partition coefficient (Wildman–Crippen LogP) is 1.31. The lowest BCUT2D eigenvalue weighted by atomic mass is 10.4. The second kappa shape index (κ2) is 6.90. The first kappa shape index (κ1) is 15.6. The second-order valence-corrected chi connectivity index (χ2v) is 10.4. The monoisotopic (exact) mass is 326 g/mol. The number of hydrogen-bond acceptors (Lipinski definition) is 0. The van der Waals surface area contributed by atoms with Crippen molar-refractivity contribution in [2.45, 2.75) is 51.4 Å². The summed E-state index contributed by atoms with van der Waals surface area (Å²) in [5.74, 6) is 0. The largest absolute Gasteiger partial charge is 0.332 e. The lowest BCUT2D eigenvalue weighted by molar-refractivity contribution is -0.630. The summed E-state index contributed by atoms with van der Waals surface area (Å²) in [5.41, 5.74) is 0. The molecule has 0 saturated carbocycles. The molecule has 0 amide bonds. The van der Waals surface area contributed by atoms with Gasteiger partial charge in [0, 0.05) is 39.3 Å². The molecule has 0 aromatic heterocycles. The van der Waals surface area contributed by atoms with E-state index in [1.807, 2.05) is 0 Å². The van der Waals surface area contributed by atoms with Crippen molar-refractivity contribution >= 4 is 7.51 Å². The highest BCUT2D eigenvalue weighted by Gasteiger charge is 2.49. The van der Waals surface area contributed by atoms with Gasteiger partial charge in [0.1, 0.15) is 0 Å². The molecule has 5 nitrogen and oxygen atoms in total. The Bertz CT molecular complexity index is 369. The summed E-state index contributed by atoms with van der Waals surface area (Å²) in [4.78, 5) is 4.18. The van der Waals surface area contributed by atoms with Crippen LogP contribution in [0.4, 0.5) is 0 Å². The van der Waals surface area contributed by atoms with Crippen molar-refractivity contribution in [3.8, 4) is 0 Å². The van der Waals surface area contributed by atoms with Gasteiger partial charge in [0.2, 0.25) is 0 Å². The lowest BCUT2D eigenvalue weighted by Gasteiger charge is -2.40. The minimum atomic E-state index is -1.51. The van der Waals surface area contributed by atoms with Crippen LogP contribution < -0.4 is 4.85 Å². The molecule has 0 spiro atoms. The van der Waals surface area contributed by atoms with Crippen LogP contribution in [0.5, 0.6) is 0 Å². The van der Waals surface area contributed by atoms with Gasteiger partial charge >= 0.3 is 7.51 Å². The van der Waals surface area contributed by atoms with E-state index in [9.17, 15) is 0 Å². The van der Waals surface area contributed by atoms with Gasteiger partial charge in [0.25, 0.3) is 0 Å². The molecule has 0 aliphatic carbocycles. The van der Waals surface area contributed by atoms with Crippen LogP contribution in [0, 0.1) is 0 Å². The molecule has 0 bridgehead atoms. The van der Waals surface area contributed by atoms with Crippen LogP contribution in [0.2, 0.25) is 0 Å². The van der Waals surface area contributed by atoms with Gasteiger partial charge in [0.15, 0.2) is 0 Å². The quantitative estimate of drug-likeness (QED) is 0.788. The van der Waals surface area contributed by atoms with Crippen LogP contribution in [-0.2, 0) is 0 Å². The first-order valence-electron chi connectivity index (χ1n) is 9.58. The number of hydrazine groups is 1. The summed E-state index contributed by atoms with van der Waals surface area (Å²) in [6.07, 6.45) is 11.1. The number of nitrogens with one attached hydrogen (secondary N) is 1. The Morgan fingerprint density at radius 3 is 1.14 bits per heavy atom. The highest BCUT2D eigenvalue weighted by atomic mass is 31.2. The van der Waals surface area contributed by atoms with Gasteiger partial charge in [-0.05, 0) is 51.4 Å². The Labute approximate surface area is 135 Å². The molecule has 0 radical (unpaired) electrons. The number of nitrogens with zero attached hydrogens (tertiary/aromatic N) is 4. The normalized spacial score (nSPS) is 29.8. The second-order valence-electron chi connectivity index (χ2n) is 7.34. The maximum atomic E-state index is 4.18. The van der Waals surface area contributed by atoms with Crippen LogP contribution in [0.25, 0.3) is 0 Å². The maximum Gasteiger partial charge on any atom is 0.332 e. The zero-order valence-electron chi connectivity index (χ0n) is 14.0. The molecular formula is C16H33N5P+. The van der Waals surface area contributed by atoms with Crippen molar-refractivity contribution in [3.05, 3.63) is 0 Å². The van der Waals surface area contributed by atoms with E-state index in [0.717, 1.165) is 0 Å². The first-order valence-corrected chi connectivity index (χ1v) is 11.2. The fraction of sp³-hybridized carbons (Fsp3) is 1.00. The summed E-state index contributed by atoms with van der Waals surface area (Å²) < 4.78 is 8.63. The molecule has 0 aromatic rings. The summed E-state index contributed by atoms with van der Waals surface area (Å²) in [7, 11) is -1.51. The molecule has 4 heterocycles. The molecule has 4 aliphatic heterocycles. The van der Waals surface area contributed by atoms with E-state index in [4.69, 9.17) is 0 Å². The topological polar surface area (TPSA) is 26.9 Å². The maximum absolute atomic E-state index is 4.18. The Balaban J connectivity index is 1.74. The molecule has 0 atom stereocenters. The SMILES string of the molecule is C1CCN([NH+]=P(N2CCCC2)(N2CCCC2)N2CCCC2)C1. The molecule has 22 heavy (non-hydrogen) atoms. The Hall–Kier alpha value is 0.0700. The zero-order chi connectivity index (χ0) is 14.8. The third-order valence-electron chi connectivity index (χ3n) is 5.81. The summed E-state index contributed by atoms with van der Waals surface area (Å²) in [6.45, 7) is 10.3. The summed E-state index contributed by atoms with van der Waals surface area (Å²) >= 11 is 0. The predicted molar refractivity (Wildman–Crippen MR) is 91.1 cm³/mol. The fourth-order valence-corrected chi connectivity index (χ4v) is 9.23. The minimum Gasteiger partial charge on any atom is -0.208 e. The van der Waals surface area contributed by atoms with Crippen molar-refractivity contribution in [1.82, 2.24) is 19.0 Å². The summed E-state index contributed by atoms with van der Waals surface area (Å²) in [5, 5.41) is 2.57. The van der Waals surface area contributed by atoms with Crippen molar-refractivity contribution < 1.29 is 4.85 Å². The van der Waals surface area contributed by atoms with Gasteiger partial charge in [-0.1, -0.05) is 5.01 Å². The van der Waals surface area contributed by atoms with Gasteiger partial charge in [-0.25, -0.2) is 14.0 Å². The Kier molecular flexibility index (Phi) is 4.89. The van der Waals surface area contributed by atoms with Crippen molar-refractivity contribution in [2.24, 2.45) is 0 Å². The average Bonchev–Trinajstić information content (AvgIpc) is 3.36. The Morgan fingerprint density at radius 2 is 0.773 bits per heavy atom. The van der Waals surface area contributed by atoms with Crippen molar-refractivity contribution in [1.29, 1.82) is 0 Å². The molecule has 4 fully saturated rings.